The van der Waals surface area contributed by atoms with Crippen LogP contribution >= 0.6 is 0 Å². The van der Waals surface area contributed by atoms with Crippen molar-refractivity contribution in [3.05, 3.63) is 120 Å². The molecule has 1 heterocycles. The second-order valence-electron chi connectivity index (χ2n) is 7.69. The summed E-state index contributed by atoms with van der Waals surface area (Å²) in [7, 11) is 0. The fourth-order valence-electron chi connectivity index (χ4n) is 3.61. The third kappa shape index (κ3) is 6.98. The number of benzene rings is 2. The molecule has 0 radical (unpaired) electrons. The van der Waals surface area contributed by atoms with Gasteiger partial charge in [-0.15, -0.1) is 12.3 Å². The Kier molecular flexibility index (Phi) is 8.68. The van der Waals surface area contributed by atoms with Crippen LogP contribution in [0.5, 0.6) is 5.75 Å². The number of terminal acetylenes is 1. The lowest BCUT2D eigenvalue weighted by Gasteiger charge is -2.18. The van der Waals surface area contributed by atoms with Gasteiger partial charge < -0.3 is 10.1 Å². The molecule has 1 N–H and O–H groups in total. The molecule has 2 aromatic carbocycles. The van der Waals surface area contributed by atoms with Gasteiger partial charge in [0.15, 0.2) is 6.23 Å². The number of hydrogen-bond acceptors (Lipinski definition) is 3. The predicted molar refractivity (Wildman–Crippen MR) is 140 cm³/mol. The van der Waals surface area contributed by atoms with Crippen molar-refractivity contribution in [2.45, 2.75) is 32.9 Å². The van der Waals surface area contributed by atoms with E-state index in [4.69, 9.17) is 11.2 Å². The van der Waals surface area contributed by atoms with E-state index in [0.717, 1.165) is 34.6 Å². The van der Waals surface area contributed by atoms with Gasteiger partial charge in [-0.2, -0.15) is 0 Å². The van der Waals surface area contributed by atoms with E-state index in [1.165, 1.54) is 11.1 Å². The Bertz CT molecular complexity index is 1150. The van der Waals surface area contributed by atoms with Gasteiger partial charge >= 0.3 is 0 Å². The molecule has 0 aromatic heterocycles. The summed E-state index contributed by atoms with van der Waals surface area (Å²) >= 11 is 0. The molecule has 3 rings (SSSR count). The van der Waals surface area contributed by atoms with Gasteiger partial charge in [0.1, 0.15) is 5.75 Å². The number of hydrogen-bond donors (Lipinski definition) is 1. The molecular weight excluding hydrogens is 404 g/mol. The van der Waals surface area contributed by atoms with Gasteiger partial charge in [-0.05, 0) is 72.7 Å². The van der Waals surface area contributed by atoms with Gasteiger partial charge in [-0.1, -0.05) is 60.7 Å². The van der Waals surface area contributed by atoms with Gasteiger partial charge in [-0.3, -0.25) is 4.99 Å². The highest BCUT2D eigenvalue weighted by Crippen LogP contribution is 2.24. The van der Waals surface area contributed by atoms with Crippen LogP contribution in [-0.4, -0.2) is 11.9 Å². The topological polar surface area (TPSA) is 33.6 Å². The van der Waals surface area contributed by atoms with E-state index in [1.807, 2.05) is 55.6 Å². The second kappa shape index (κ2) is 12.1. The number of allylic oxidation sites excluding steroid dienone is 6. The molecule has 1 aliphatic rings. The van der Waals surface area contributed by atoms with Crippen LogP contribution in [0.2, 0.25) is 0 Å². The zero-order valence-electron chi connectivity index (χ0n) is 19.3. The first-order valence-corrected chi connectivity index (χ1v) is 11.0. The van der Waals surface area contributed by atoms with Crippen molar-refractivity contribution >= 4 is 11.3 Å². The highest BCUT2D eigenvalue weighted by Gasteiger charge is 2.10. The first-order chi connectivity index (χ1) is 16.1. The molecule has 1 atom stereocenters. The molecule has 0 saturated carbocycles. The zero-order valence-corrected chi connectivity index (χ0v) is 19.3. The lowest BCUT2D eigenvalue weighted by Crippen LogP contribution is -2.29. The zero-order chi connectivity index (χ0) is 23.5. The van der Waals surface area contributed by atoms with Crippen molar-refractivity contribution in [3.63, 3.8) is 0 Å². The Hall–Kier alpha value is -4.03. The van der Waals surface area contributed by atoms with Crippen molar-refractivity contribution < 1.29 is 4.74 Å². The smallest absolute Gasteiger partial charge is 0.189 e. The minimum Gasteiger partial charge on any atom is -0.467 e. The van der Waals surface area contributed by atoms with E-state index in [9.17, 15) is 0 Å². The standard InChI is InChI=1S/C30H30N2O/c1-5-11-27(26-15-17-28(18-16-26)33-30-14-8-9-19-32-30)22-25(6-2)29(31-7-3)21-24-13-10-12-23(4)20-24/h1,6-10,12-20,22,30,32H,3,11,21H2,2,4H3/b25-6-,27-22+,31-29?. The molecule has 0 amide bonds. The number of nitrogens with one attached hydrogen (secondary N) is 1. The number of ether oxygens (including phenoxy) is 1. The normalized spacial score (nSPS) is 16.2. The van der Waals surface area contributed by atoms with E-state index < -0.39 is 0 Å². The second-order valence-corrected chi connectivity index (χ2v) is 7.69. The molecule has 3 nitrogen and oxygen atoms in total. The molecule has 0 saturated heterocycles. The number of dihydropyridines is 1. The maximum atomic E-state index is 5.95. The molecule has 166 valence electrons. The fraction of sp³-hybridized carbons (Fsp3) is 0.167. The Labute approximate surface area is 197 Å². The lowest BCUT2D eigenvalue weighted by atomic mass is 9.95. The number of rotatable bonds is 9. The molecule has 1 aliphatic heterocycles. The van der Waals surface area contributed by atoms with Gasteiger partial charge in [0.05, 0.1) is 5.71 Å². The summed E-state index contributed by atoms with van der Waals surface area (Å²) in [5, 5.41) is 3.15. The Morgan fingerprint density at radius 1 is 1.21 bits per heavy atom. The molecule has 0 fully saturated rings. The van der Waals surface area contributed by atoms with Crippen LogP contribution in [0.15, 0.2) is 108 Å². The monoisotopic (exact) mass is 434 g/mol. The predicted octanol–water partition coefficient (Wildman–Crippen LogP) is 6.55. The molecule has 33 heavy (non-hydrogen) atoms. The van der Waals surface area contributed by atoms with E-state index in [2.05, 4.69) is 66.1 Å². The van der Waals surface area contributed by atoms with Crippen LogP contribution in [0.4, 0.5) is 0 Å². The third-order valence-electron chi connectivity index (χ3n) is 5.21. The Morgan fingerprint density at radius 3 is 2.67 bits per heavy atom. The lowest BCUT2D eigenvalue weighted by molar-refractivity contribution is 0.227. The van der Waals surface area contributed by atoms with Crippen LogP contribution in [0, 0.1) is 19.3 Å². The summed E-state index contributed by atoms with van der Waals surface area (Å²) in [6.45, 7) is 7.93. The van der Waals surface area contributed by atoms with Gasteiger partial charge in [0.25, 0.3) is 0 Å². The first kappa shape index (κ1) is 23.6. The molecule has 0 aliphatic carbocycles. The van der Waals surface area contributed by atoms with E-state index in [1.54, 1.807) is 6.20 Å². The van der Waals surface area contributed by atoms with Crippen molar-refractivity contribution in [2.75, 3.05) is 0 Å². The summed E-state index contributed by atoms with van der Waals surface area (Å²) in [5.41, 5.74) is 6.54. The maximum absolute atomic E-state index is 5.95. The Morgan fingerprint density at radius 2 is 2.03 bits per heavy atom. The van der Waals surface area contributed by atoms with Crippen molar-refractivity contribution in [2.24, 2.45) is 4.99 Å². The molecule has 3 heteroatoms. The van der Waals surface area contributed by atoms with Crippen molar-refractivity contribution in [1.82, 2.24) is 5.32 Å². The molecule has 0 bridgehead atoms. The van der Waals surface area contributed by atoms with E-state index in [-0.39, 0.29) is 6.23 Å². The summed E-state index contributed by atoms with van der Waals surface area (Å²) in [6.07, 6.45) is 20.3. The number of nitrogens with zero attached hydrogens (tertiary/aromatic N) is 1. The van der Waals surface area contributed by atoms with E-state index in [0.29, 0.717) is 6.42 Å². The maximum Gasteiger partial charge on any atom is 0.189 e. The molecular formula is C30H30N2O. The summed E-state index contributed by atoms with van der Waals surface area (Å²) in [4.78, 5) is 4.58. The third-order valence-corrected chi connectivity index (χ3v) is 5.21. The van der Waals surface area contributed by atoms with Crippen LogP contribution in [-0.2, 0) is 6.42 Å². The fourth-order valence-corrected chi connectivity index (χ4v) is 3.61. The van der Waals surface area contributed by atoms with E-state index >= 15 is 0 Å². The SMILES string of the molecule is C#CC/C(=C\C(=C\C)C(Cc1cccc(C)c1)=NC=C)c1ccc(OC2C=CC=CN2)cc1. The van der Waals surface area contributed by atoms with Crippen LogP contribution < -0.4 is 10.1 Å². The summed E-state index contributed by atoms with van der Waals surface area (Å²) in [5.74, 6) is 3.58. The number of aryl methyl sites for hydroxylation is 1. The quantitative estimate of drug-likeness (QED) is 0.276. The van der Waals surface area contributed by atoms with Gasteiger partial charge in [0, 0.05) is 19.0 Å². The summed E-state index contributed by atoms with van der Waals surface area (Å²) in [6, 6.07) is 16.5. The van der Waals surface area contributed by atoms with Gasteiger partial charge in [-0.25, -0.2) is 0 Å². The molecule has 0 spiro atoms. The molecule has 2 aromatic rings. The summed E-state index contributed by atoms with van der Waals surface area (Å²) < 4.78 is 5.95. The minimum atomic E-state index is -0.171. The average molecular weight is 435 g/mol. The molecule has 1 unspecified atom stereocenters. The van der Waals surface area contributed by atoms with Crippen molar-refractivity contribution in [1.29, 1.82) is 0 Å². The largest absolute Gasteiger partial charge is 0.467 e. The van der Waals surface area contributed by atoms with Crippen molar-refractivity contribution in [3.8, 4) is 18.1 Å². The highest BCUT2D eigenvalue weighted by molar-refractivity contribution is 6.05. The van der Waals surface area contributed by atoms with Crippen LogP contribution in [0.1, 0.15) is 30.0 Å². The highest BCUT2D eigenvalue weighted by atomic mass is 16.5. The van der Waals surface area contributed by atoms with Crippen LogP contribution in [0.25, 0.3) is 5.57 Å². The first-order valence-electron chi connectivity index (χ1n) is 11.0. The van der Waals surface area contributed by atoms with Crippen LogP contribution in [0.3, 0.4) is 0 Å². The average Bonchev–Trinajstić information content (AvgIpc) is 2.83. The Balaban J connectivity index is 1.84. The van der Waals surface area contributed by atoms with Gasteiger partial charge in [0.2, 0.25) is 0 Å². The minimum absolute atomic E-state index is 0.171. The number of aliphatic imine (C=N–C) groups is 1.